The van der Waals surface area contributed by atoms with Gasteiger partial charge >= 0.3 is 0 Å². The van der Waals surface area contributed by atoms with Gasteiger partial charge in [-0.25, -0.2) is 0 Å². The lowest BCUT2D eigenvalue weighted by molar-refractivity contribution is 0.0974. The van der Waals surface area contributed by atoms with Crippen LogP contribution in [-0.2, 0) is 6.54 Å². The fourth-order valence-corrected chi connectivity index (χ4v) is 2.83. The topological polar surface area (TPSA) is 39.1 Å². The van der Waals surface area contributed by atoms with E-state index in [0.29, 0.717) is 4.88 Å². The number of nitrogens with zero attached hydrogens (tertiary/aromatic N) is 1. The number of aryl methyl sites for hydroxylation is 1. The third-order valence-corrected chi connectivity index (χ3v) is 4.08. The van der Waals surface area contributed by atoms with Crippen molar-refractivity contribution in [1.82, 2.24) is 4.57 Å². The van der Waals surface area contributed by atoms with Crippen LogP contribution in [0.2, 0.25) is 0 Å². The van der Waals surface area contributed by atoms with E-state index >= 15 is 0 Å². The minimum atomic E-state index is -0.144. The maximum atomic E-state index is 12.0. The van der Waals surface area contributed by atoms with E-state index in [9.17, 15) is 9.59 Å². The third-order valence-electron chi connectivity index (χ3n) is 2.42. The van der Waals surface area contributed by atoms with Gasteiger partial charge in [0.05, 0.1) is 15.2 Å². The van der Waals surface area contributed by atoms with Crippen molar-refractivity contribution >= 4 is 33.0 Å². The van der Waals surface area contributed by atoms with Crippen LogP contribution in [0.15, 0.2) is 38.9 Å². The van der Waals surface area contributed by atoms with Crippen molar-refractivity contribution in [3.63, 3.8) is 0 Å². The summed E-state index contributed by atoms with van der Waals surface area (Å²) in [6.07, 6.45) is 0. The Labute approximate surface area is 111 Å². The quantitative estimate of drug-likeness (QED) is 0.818. The number of rotatable bonds is 3. The number of thiophene rings is 1. The van der Waals surface area contributed by atoms with Crippen molar-refractivity contribution in [2.24, 2.45) is 0 Å². The van der Waals surface area contributed by atoms with E-state index in [2.05, 4.69) is 15.9 Å². The largest absolute Gasteiger partial charge is 0.305 e. The molecule has 0 bridgehead atoms. The maximum Gasteiger partial charge on any atom is 0.251 e. The Hall–Kier alpha value is -1.20. The highest BCUT2D eigenvalue weighted by atomic mass is 79.9. The Bertz CT molecular complexity index is 615. The number of carbonyl (C=O) groups excluding carboxylic acids is 1. The SMILES string of the molecule is Cc1cccc(=O)n1CC(=O)c1ccc(Br)s1. The first-order valence-electron chi connectivity index (χ1n) is 5.03. The summed E-state index contributed by atoms with van der Waals surface area (Å²) in [6, 6.07) is 8.57. The zero-order valence-corrected chi connectivity index (χ0v) is 11.5. The van der Waals surface area contributed by atoms with Crippen molar-refractivity contribution in [3.05, 3.63) is 55.0 Å². The van der Waals surface area contributed by atoms with Gasteiger partial charge in [0.25, 0.3) is 5.56 Å². The monoisotopic (exact) mass is 311 g/mol. The van der Waals surface area contributed by atoms with Gasteiger partial charge in [0.15, 0.2) is 5.78 Å². The molecular formula is C12H10BrNO2S. The first-order chi connectivity index (χ1) is 8.08. The van der Waals surface area contributed by atoms with Crippen molar-refractivity contribution in [1.29, 1.82) is 0 Å². The molecule has 2 heterocycles. The van der Waals surface area contributed by atoms with Gasteiger partial charge in [-0.05, 0) is 41.1 Å². The average Bonchev–Trinajstić information content (AvgIpc) is 2.70. The molecule has 0 saturated heterocycles. The minimum Gasteiger partial charge on any atom is -0.305 e. The number of halogens is 1. The molecule has 0 N–H and O–H groups in total. The Morgan fingerprint density at radius 2 is 2.12 bits per heavy atom. The van der Waals surface area contributed by atoms with Crippen molar-refractivity contribution in [2.45, 2.75) is 13.5 Å². The van der Waals surface area contributed by atoms with Crippen LogP contribution in [0.4, 0.5) is 0 Å². The van der Waals surface area contributed by atoms with Gasteiger partial charge in [-0.2, -0.15) is 0 Å². The molecule has 0 aliphatic carbocycles. The zero-order valence-electron chi connectivity index (χ0n) is 9.14. The van der Waals surface area contributed by atoms with E-state index in [1.54, 1.807) is 12.1 Å². The second-order valence-corrected chi connectivity index (χ2v) is 6.08. The molecule has 0 fully saturated rings. The zero-order chi connectivity index (χ0) is 12.4. The highest BCUT2D eigenvalue weighted by molar-refractivity contribution is 9.11. The molecule has 17 heavy (non-hydrogen) atoms. The molecule has 0 atom stereocenters. The molecule has 2 aromatic heterocycles. The van der Waals surface area contributed by atoms with Crippen molar-refractivity contribution in [3.8, 4) is 0 Å². The first-order valence-corrected chi connectivity index (χ1v) is 6.64. The summed E-state index contributed by atoms with van der Waals surface area (Å²) in [6.45, 7) is 1.91. The molecule has 0 amide bonds. The van der Waals surface area contributed by atoms with Gasteiger partial charge in [0, 0.05) is 11.8 Å². The van der Waals surface area contributed by atoms with Crippen LogP contribution in [0, 0.1) is 6.92 Å². The van der Waals surface area contributed by atoms with Crippen LogP contribution in [0.5, 0.6) is 0 Å². The number of pyridine rings is 1. The molecule has 0 aliphatic rings. The van der Waals surface area contributed by atoms with Gasteiger partial charge in [0.1, 0.15) is 0 Å². The smallest absolute Gasteiger partial charge is 0.251 e. The number of carbonyl (C=O) groups is 1. The summed E-state index contributed by atoms with van der Waals surface area (Å²) in [7, 11) is 0. The molecule has 88 valence electrons. The summed E-state index contributed by atoms with van der Waals surface area (Å²) in [5, 5.41) is 0. The summed E-state index contributed by atoms with van der Waals surface area (Å²) < 4.78 is 2.40. The molecule has 0 aliphatic heterocycles. The summed E-state index contributed by atoms with van der Waals surface area (Å²) in [4.78, 5) is 24.2. The lowest BCUT2D eigenvalue weighted by Crippen LogP contribution is -2.24. The standard InChI is InChI=1S/C12H10BrNO2S/c1-8-3-2-4-12(16)14(8)7-9(15)10-5-6-11(13)17-10/h2-6H,7H2,1H3. The average molecular weight is 312 g/mol. The van der Waals surface area contributed by atoms with E-state index in [1.807, 2.05) is 19.1 Å². The molecule has 0 spiro atoms. The third kappa shape index (κ3) is 2.73. The van der Waals surface area contributed by atoms with Gasteiger partial charge in [-0.1, -0.05) is 6.07 Å². The molecule has 0 radical (unpaired) electrons. The van der Waals surface area contributed by atoms with Crippen LogP contribution in [0.3, 0.4) is 0 Å². The van der Waals surface area contributed by atoms with Crippen LogP contribution >= 0.6 is 27.3 Å². The fourth-order valence-electron chi connectivity index (χ4n) is 1.51. The predicted octanol–water partition coefficient (Wildman–Crippen LogP) is 2.86. The van der Waals surface area contributed by atoms with E-state index in [0.717, 1.165) is 9.48 Å². The van der Waals surface area contributed by atoms with Crippen LogP contribution < -0.4 is 5.56 Å². The van der Waals surface area contributed by atoms with E-state index in [4.69, 9.17) is 0 Å². The van der Waals surface area contributed by atoms with Crippen molar-refractivity contribution in [2.75, 3.05) is 0 Å². The van der Waals surface area contributed by atoms with Gasteiger partial charge in [-0.3, -0.25) is 9.59 Å². The highest BCUT2D eigenvalue weighted by Gasteiger charge is 2.11. The number of aromatic nitrogens is 1. The maximum absolute atomic E-state index is 12.0. The molecule has 3 nitrogen and oxygen atoms in total. The predicted molar refractivity (Wildman–Crippen MR) is 71.8 cm³/mol. The molecule has 2 aromatic rings. The Balaban J connectivity index is 2.28. The molecule has 0 saturated carbocycles. The summed E-state index contributed by atoms with van der Waals surface area (Å²) >= 11 is 4.69. The second kappa shape index (κ2) is 4.98. The lowest BCUT2D eigenvalue weighted by atomic mass is 10.3. The highest BCUT2D eigenvalue weighted by Crippen LogP contribution is 2.22. The van der Waals surface area contributed by atoms with Crippen LogP contribution in [-0.4, -0.2) is 10.4 Å². The van der Waals surface area contributed by atoms with Crippen LogP contribution in [0.1, 0.15) is 15.4 Å². The summed E-state index contributed by atoms with van der Waals surface area (Å²) in [5.41, 5.74) is 0.649. The number of Topliss-reactive ketones (excluding diaryl/α,β-unsaturated/α-hetero) is 1. The van der Waals surface area contributed by atoms with E-state index < -0.39 is 0 Å². The molecular weight excluding hydrogens is 302 g/mol. The van der Waals surface area contributed by atoms with Crippen molar-refractivity contribution < 1.29 is 4.79 Å². The van der Waals surface area contributed by atoms with Crippen LogP contribution in [0.25, 0.3) is 0 Å². The molecule has 2 rings (SSSR count). The molecule has 5 heteroatoms. The van der Waals surface area contributed by atoms with E-state index in [-0.39, 0.29) is 17.9 Å². The summed E-state index contributed by atoms with van der Waals surface area (Å²) in [5.74, 6) is -0.0444. The normalized spacial score (nSPS) is 10.5. The second-order valence-electron chi connectivity index (χ2n) is 3.62. The fraction of sp³-hybridized carbons (Fsp3) is 0.167. The number of hydrogen-bond acceptors (Lipinski definition) is 3. The molecule has 0 unspecified atom stereocenters. The Kier molecular flexibility index (Phi) is 3.59. The minimum absolute atomic E-state index is 0.0444. The lowest BCUT2D eigenvalue weighted by Gasteiger charge is -2.07. The Morgan fingerprint density at radius 3 is 2.71 bits per heavy atom. The number of hydrogen-bond donors (Lipinski definition) is 0. The van der Waals surface area contributed by atoms with E-state index in [1.165, 1.54) is 22.0 Å². The Morgan fingerprint density at radius 1 is 1.35 bits per heavy atom. The molecule has 0 aromatic carbocycles. The van der Waals surface area contributed by atoms with Gasteiger partial charge in [0.2, 0.25) is 0 Å². The van der Waals surface area contributed by atoms with Gasteiger partial charge in [-0.15, -0.1) is 11.3 Å². The van der Waals surface area contributed by atoms with Gasteiger partial charge < -0.3 is 4.57 Å². The first kappa shape index (κ1) is 12.3. The number of ketones is 1.